The summed E-state index contributed by atoms with van der Waals surface area (Å²) in [6.45, 7) is 1.98. The van der Waals surface area contributed by atoms with Crippen LogP contribution in [0.3, 0.4) is 0 Å². The molecule has 2 aromatic carbocycles. The number of rotatable bonds is 5. The minimum absolute atomic E-state index is 0.120. The Hall–Kier alpha value is -3.17. The average molecular weight is 475 g/mol. The van der Waals surface area contributed by atoms with Crippen LogP contribution in [-0.2, 0) is 10.0 Å². The summed E-state index contributed by atoms with van der Waals surface area (Å²) in [5.74, 6) is -0.289. The average Bonchev–Trinajstić information content (AvgIpc) is 2.81. The van der Waals surface area contributed by atoms with Crippen LogP contribution in [0.1, 0.15) is 10.4 Å². The van der Waals surface area contributed by atoms with Gasteiger partial charge in [-0.15, -0.1) is 0 Å². The van der Waals surface area contributed by atoms with Crippen LogP contribution in [0.4, 0.5) is 15.9 Å². The van der Waals surface area contributed by atoms with E-state index in [1.54, 1.807) is 29.3 Å². The fourth-order valence-electron chi connectivity index (χ4n) is 3.46. The van der Waals surface area contributed by atoms with Crippen molar-refractivity contribution in [1.29, 1.82) is 0 Å². The van der Waals surface area contributed by atoms with Gasteiger partial charge in [-0.2, -0.15) is 0 Å². The SMILES string of the molecule is O=C(c1cccc(S(=O)(=O)Nc2ccccc2F)c1)N1CCN(c2ncccc2Cl)CC1. The highest BCUT2D eigenvalue weighted by atomic mass is 35.5. The number of hydrogen-bond donors (Lipinski definition) is 1. The highest BCUT2D eigenvalue weighted by Gasteiger charge is 2.25. The number of para-hydroxylation sites is 1. The summed E-state index contributed by atoms with van der Waals surface area (Å²) in [5.41, 5.74) is 0.0826. The molecular formula is C22H20ClFN4O3S. The summed E-state index contributed by atoms with van der Waals surface area (Å²) in [6, 6.07) is 14.7. The van der Waals surface area contributed by atoms with E-state index in [0.29, 0.717) is 37.0 Å². The first-order valence-corrected chi connectivity index (χ1v) is 11.7. The third kappa shape index (κ3) is 4.68. The molecule has 1 amide bonds. The van der Waals surface area contributed by atoms with E-state index < -0.39 is 15.8 Å². The summed E-state index contributed by atoms with van der Waals surface area (Å²) < 4.78 is 41.5. The number of hydrogen-bond acceptors (Lipinski definition) is 5. The molecule has 1 saturated heterocycles. The van der Waals surface area contributed by atoms with Gasteiger partial charge >= 0.3 is 0 Å². The minimum Gasteiger partial charge on any atom is -0.352 e. The van der Waals surface area contributed by atoms with Crippen molar-refractivity contribution in [1.82, 2.24) is 9.88 Å². The molecule has 1 aliphatic rings. The second-order valence-corrected chi connectivity index (χ2v) is 9.29. The lowest BCUT2D eigenvalue weighted by atomic mass is 10.2. The Bertz CT molecular complexity index is 1250. The van der Waals surface area contributed by atoms with Gasteiger partial charge in [-0.1, -0.05) is 29.8 Å². The number of nitrogens with zero attached hydrogens (tertiary/aromatic N) is 3. The number of amides is 1. The number of carbonyl (C=O) groups is 1. The minimum atomic E-state index is -4.06. The number of anilines is 2. The van der Waals surface area contributed by atoms with Crippen LogP contribution >= 0.6 is 11.6 Å². The highest BCUT2D eigenvalue weighted by molar-refractivity contribution is 7.92. The number of pyridine rings is 1. The van der Waals surface area contributed by atoms with Crippen molar-refractivity contribution < 1.29 is 17.6 Å². The molecule has 1 N–H and O–H groups in total. The van der Waals surface area contributed by atoms with Gasteiger partial charge in [0.1, 0.15) is 11.6 Å². The van der Waals surface area contributed by atoms with Crippen molar-refractivity contribution in [2.45, 2.75) is 4.90 Å². The lowest BCUT2D eigenvalue weighted by molar-refractivity contribution is 0.0746. The molecule has 0 aliphatic carbocycles. The maximum atomic E-state index is 13.9. The van der Waals surface area contributed by atoms with Gasteiger partial charge in [-0.25, -0.2) is 17.8 Å². The second kappa shape index (κ2) is 9.13. The van der Waals surface area contributed by atoms with Gasteiger partial charge in [0.15, 0.2) is 0 Å². The molecule has 0 saturated carbocycles. The Balaban J connectivity index is 1.47. The fourth-order valence-corrected chi connectivity index (χ4v) is 4.81. The van der Waals surface area contributed by atoms with E-state index in [1.165, 1.54) is 36.4 Å². The molecular weight excluding hydrogens is 455 g/mol. The molecule has 166 valence electrons. The van der Waals surface area contributed by atoms with Crippen molar-refractivity contribution in [3.63, 3.8) is 0 Å². The molecule has 32 heavy (non-hydrogen) atoms. The molecule has 0 atom stereocenters. The first kappa shape index (κ1) is 22.0. The summed E-state index contributed by atoms with van der Waals surface area (Å²) in [5, 5.41) is 0.549. The zero-order valence-electron chi connectivity index (χ0n) is 16.9. The Morgan fingerprint density at radius 3 is 2.47 bits per heavy atom. The molecule has 0 unspecified atom stereocenters. The number of nitrogens with one attached hydrogen (secondary N) is 1. The molecule has 4 rings (SSSR count). The second-order valence-electron chi connectivity index (χ2n) is 7.20. The summed E-state index contributed by atoms with van der Waals surface area (Å²) in [7, 11) is -4.06. The number of aromatic nitrogens is 1. The maximum absolute atomic E-state index is 13.9. The molecule has 7 nitrogen and oxygen atoms in total. The Kier molecular flexibility index (Phi) is 6.29. The Labute approximate surface area is 190 Å². The largest absolute Gasteiger partial charge is 0.352 e. The molecule has 10 heteroatoms. The summed E-state index contributed by atoms with van der Waals surface area (Å²) >= 11 is 6.21. The van der Waals surface area contributed by atoms with Crippen molar-refractivity contribution in [3.8, 4) is 0 Å². The van der Waals surface area contributed by atoms with Crippen molar-refractivity contribution in [2.24, 2.45) is 0 Å². The lowest BCUT2D eigenvalue weighted by Gasteiger charge is -2.35. The van der Waals surface area contributed by atoms with Gasteiger partial charge in [0.25, 0.3) is 15.9 Å². The van der Waals surface area contributed by atoms with Gasteiger partial charge in [-0.05, 0) is 42.5 Å². The van der Waals surface area contributed by atoms with Crippen LogP contribution < -0.4 is 9.62 Å². The number of piperazine rings is 1. The van der Waals surface area contributed by atoms with Crippen LogP contribution in [0.15, 0.2) is 71.8 Å². The Morgan fingerprint density at radius 2 is 1.75 bits per heavy atom. The van der Waals surface area contributed by atoms with Gasteiger partial charge < -0.3 is 9.80 Å². The van der Waals surface area contributed by atoms with Crippen LogP contribution in [0.25, 0.3) is 0 Å². The fraction of sp³-hybridized carbons (Fsp3) is 0.182. The van der Waals surface area contributed by atoms with E-state index in [9.17, 15) is 17.6 Å². The van der Waals surface area contributed by atoms with Crippen molar-refractivity contribution in [3.05, 3.63) is 83.3 Å². The van der Waals surface area contributed by atoms with Crippen molar-refractivity contribution >= 4 is 39.0 Å². The standard InChI is InChI=1S/C22H20ClFN4O3S/c23-18-7-4-10-25-21(18)27-11-13-28(14-12-27)22(29)16-5-3-6-17(15-16)32(30,31)26-20-9-2-1-8-19(20)24/h1-10,15,26H,11-14H2. The molecule has 0 bridgehead atoms. The highest BCUT2D eigenvalue weighted by Crippen LogP contribution is 2.24. The van der Waals surface area contributed by atoms with Crippen LogP contribution in [0, 0.1) is 5.82 Å². The topological polar surface area (TPSA) is 82.6 Å². The Morgan fingerprint density at radius 1 is 1.00 bits per heavy atom. The van der Waals surface area contributed by atoms with E-state index in [4.69, 9.17) is 11.6 Å². The molecule has 1 aromatic heterocycles. The molecule has 0 radical (unpaired) electrons. The molecule has 3 aromatic rings. The van der Waals surface area contributed by atoms with Crippen molar-refractivity contribution in [2.75, 3.05) is 35.8 Å². The zero-order chi connectivity index (χ0) is 22.7. The molecule has 2 heterocycles. The van der Waals surface area contributed by atoms with Gasteiger partial charge in [0, 0.05) is 37.9 Å². The third-order valence-electron chi connectivity index (χ3n) is 5.11. The summed E-state index contributed by atoms with van der Waals surface area (Å²) in [4.78, 5) is 20.8. The lowest BCUT2D eigenvalue weighted by Crippen LogP contribution is -2.49. The summed E-state index contributed by atoms with van der Waals surface area (Å²) in [6.07, 6.45) is 1.67. The van der Waals surface area contributed by atoms with Crippen LogP contribution in [0.2, 0.25) is 5.02 Å². The number of halogens is 2. The van der Waals surface area contributed by atoms with E-state index >= 15 is 0 Å². The first-order chi connectivity index (χ1) is 15.3. The van der Waals surface area contributed by atoms with E-state index in [-0.39, 0.29) is 22.1 Å². The quantitative estimate of drug-likeness (QED) is 0.610. The van der Waals surface area contributed by atoms with Crippen LogP contribution in [-0.4, -0.2) is 50.4 Å². The monoisotopic (exact) mass is 474 g/mol. The number of benzene rings is 2. The van der Waals surface area contributed by atoms with Gasteiger partial charge in [-0.3, -0.25) is 9.52 Å². The van der Waals surface area contributed by atoms with E-state index in [0.717, 1.165) is 6.07 Å². The zero-order valence-corrected chi connectivity index (χ0v) is 18.5. The first-order valence-electron chi connectivity index (χ1n) is 9.87. The van der Waals surface area contributed by atoms with Crippen LogP contribution in [0.5, 0.6) is 0 Å². The van der Waals surface area contributed by atoms with E-state index in [1.807, 2.05) is 4.90 Å². The third-order valence-corrected chi connectivity index (χ3v) is 6.77. The molecule has 1 fully saturated rings. The smallest absolute Gasteiger partial charge is 0.262 e. The van der Waals surface area contributed by atoms with Gasteiger partial charge in [0.2, 0.25) is 0 Å². The number of carbonyl (C=O) groups excluding carboxylic acids is 1. The van der Waals surface area contributed by atoms with E-state index in [2.05, 4.69) is 9.71 Å². The number of sulfonamides is 1. The van der Waals surface area contributed by atoms with Gasteiger partial charge in [0.05, 0.1) is 15.6 Å². The molecule has 1 aliphatic heterocycles. The predicted octanol–water partition coefficient (Wildman–Crippen LogP) is 3.64. The normalized spacial score (nSPS) is 14.3. The maximum Gasteiger partial charge on any atom is 0.262 e. The molecule has 0 spiro atoms. The predicted molar refractivity (Wildman–Crippen MR) is 121 cm³/mol.